The summed E-state index contributed by atoms with van der Waals surface area (Å²) in [4.78, 5) is 36.7. The molecule has 2 unspecified atom stereocenters. The Morgan fingerprint density at radius 1 is 0.566 bits per heavy atom. The molecule has 0 radical (unpaired) electrons. The van der Waals surface area contributed by atoms with Crippen LogP contribution in [-0.4, -0.2) is 75.5 Å². The zero-order valence-electron chi connectivity index (χ0n) is 33.9. The van der Waals surface area contributed by atoms with E-state index in [1.165, 1.54) is 0 Å². The normalized spacial score (nSPS) is 13.9. The Balaban J connectivity index is 4.54. The second-order valence-corrected chi connectivity index (χ2v) is 14.1. The molecule has 0 saturated heterocycles. The van der Waals surface area contributed by atoms with Gasteiger partial charge in [0.25, 0.3) is 0 Å². The Morgan fingerprint density at radius 2 is 1.02 bits per heavy atom. The summed E-state index contributed by atoms with van der Waals surface area (Å²) in [5.74, 6) is -1.85. The molecule has 0 aromatic rings. The first-order chi connectivity index (χ1) is 25.6. The summed E-state index contributed by atoms with van der Waals surface area (Å²) in [6.45, 7) is 4.33. The summed E-state index contributed by atoms with van der Waals surface area (Å²) >= 11 is 0. The molecule has 0 fully saturated rings. The van der Waals surface area contributed by atoms with Crippen molar-refractivity contribution in [2.24, 2.45) is 0 Å². The zero-order valence-corrected chi connectivity index (χ0v) is 33.9. The van der Waals surface area contributed by atoms with E-state index in [0.717, 1.165) is 89.9 Å². The molecule has 0 heterocycles. The van der Waals surface area contributed by atoms with Gasteiger partial charge < -0.3 is 28.6 Å². The number of carboxylic acid groups (broad SMARTS) is 1. The third-order valence-electron chi connectivity index (χ3n) is 8.28. The highest BCUT2D eigenvalue weighted by Crippen LogP contribution is 2.11. The minimum absolute atomic E-state index is 0.00798. The Hall–Kier alpha value is -3.49. The van der Waals surface area contributed by atoms with E-state index in [1.54, 1.807) is 21.1 Å². The number of quaternary nitrogens is 1. The largest absolute Gasteiger partial charge is 0.544 e. The number of hydrogen-bond acceptors (Lipinski definition) is 7. The second-order valence-electron chi connectivity index (χ2n) is 14.1. The smallest absolute Gasteiger partial charge is 0.306 e. The van der Waals surface area contributed by atoms with Gasteiger partial charge in [0.2, 0.25) is 0 Å². The minimum atomic E-state index is -1.14. The fourth-order valence-electron chi connectivity index (χ4n) is 5.20. The Labute approximate surface area is 323 Å². The average Bonchev–Trinajstić information content (AvgIpc) is 3.11. The number of esters is 2. The van der Waals surface area contributed by atoms with Crippen LogP contribution >= 0.6 is 0 Å². The van der Waals surface area contributed by atoms with Gasteiger partial charge in [-0.2, -0.15) is 0 Å². The van der Waals surface area contributed by atoms with Crippen molar-refractivity contribution >= 4 is 17.9 Å². The van der Waals surface area contributed by atoms with Crippen LogP contribution in [0.4, 0.5) is 0 Å². The highest BCUT2D eigenvalue weighted by Gasteiger charge is 2.25. The SMILES string of the molecule is CC/C=C/C/C=C/C/C=C/C/C=C/C/C=C/CCCC(=O)OC(COCCC(C(=O)[O-])[N+](C)(C)C)COC(=O)CCCCCCC/C=C/C/C=C/CC. The lowest BCUT2D eigenvalue weighted by atomic mass is 10.1. The molecule has 53 heavy (non-hydrogen) atoms. The number of rotatable bonds is 34. The van der Waals surface area contributed by atoms with Crippen molar-refractivity contribution in [3.63, 3.8) is 0 Å². The molecule has 0 aliphatic rings. The third-order valence-corrected chi connectivity index (χ3v) is 8.28. The molecule has 0 aliphatic carbocycles. The number of carbonyl (C=O) groups excluding carboxylic acids is 3. The highest BCUT2D eigenvalue weighted by molar-refractivity contribution is 5.70. The summed E-state index contributed by atoms with van der Waals surface area (Å²) < 4.78 is 17.0. The van der Waals surface area contributed by atoms with E-state index in [1.807, 2.05) is 0 Å². The number of hydrogen-bond donors (Lipinski definition) is 0. The molecule has 2 atom stereocenters. The first-order valence-corrected chi connectivity index (χ1v) is 20.1. The molecule has 0 aliphatic heterocycles. The van der Waals surface area contributed by atoms with Crippen molar-refractivity contribution in [3.05, 3.63) is 85.1 Å². The lowest BCUT2D eigenvalue weighted by molar-refractivity contribution is -0.889. The van der Waals surface area contributed by atoms with E-state index < -0.39 is 18.1 Å². The molecular formula is C45H73NO7. The van der Waals surface area contributed by atoms with Gasteiger partial charge in [-0.05, 0) is 77.0 Å². The van der Waals surface area contributed by atoms with Gasteiger partial charge in [0, 0.05) is 19.3 Å². The summed E-state index contributed by atoms with van der Waals surface area (Å²) in [7, 11) is 5.36. The molecule has 8 heteroatoms. The minimum Gasteiger partial charge on any atom is -0.544 e. The van der Waals surface area contributed by atoms with Gasteiger partial charge in [-0.1, -0.05) is 118 Å². The van der Waals surface area contributed by atoms with E-state index in [9.17, 15) is 19.5 Å². The number of aliphatic carboxylic acids is 1. The number of nitrogens with zero attached hydrogens (tertiary/aromatic N) is 1. The molecule has 0 aromatic heterocycles. The summed E-state index contributed by atoms with van der Waals surface area (Å²) in [6, 6.07) is -0.741. The first kappa shape index (κ1) is 49.5. The van der Waals surface area contributed by atoms with Crippen LogP contribution < -0.4 is 5.11 Å². The van der Waals surface area contributed by atoms with Crippen LogP contribution in [-0.2, 0) is 28.6 Å². The average molecular weight is 740 g/mol. The van der Waals surface area contributed by atoms with Gasteiger partial charge in [-0.25, -0.2) is 0 Å². The molecule has 0 rings (SSSR count). The van der Waals surface area contributed by atoms with Gasteiger partial charge in [0.1, 0.15) is 12.6 Å². The van der Waals surface area contributed by atoms with Gasteiger partial charge in [0.15, 0.2) is 6.10 Å². The zero-order chi connectivity index (χ0) is 39.3. The second kappa shape index (κ2) is 35.5. The summed E-state index contributed by atoms with van der Waals surface area (Å²) in [5.41, 5.74) is 0. The van der Waals surface area contributed by atoms with Gasteiger partial charge in [0.05, 0.1) is 40.3 Å². The number of carbonyl (C=O) groups is 3. The fourth-order valence-corrected chi connectivity index (χ4v) is 5.20. The van der Waals surface area contributed by atoms with Crippen LogP contribution in [0.15, 0.2) is 85.1 Å². The van der Waals surface area contributed by atoms with Crippen LogP contribution in [0.5, 0.6) is 0 Å². The van der Waals surface area contributed by atoms with Crippen LogP contribution in [0.25, 0.3) is 0 Å². The predicted molar refractivity (Wildman–Crippen MR) is 217 cm³/mol. The van der Waals surface area contributed by atoms with Crippen molar-refractivity contribution in [2.75, 3.05) is 41.0 Å². The molecule has 300 valence electrons. The van der Waals surface area contributed by atoms with Crippen molar-refractivity contribution < 1.29 is 38.2 Å². The maximum absolute atomic E-state index is 12.7. The topological polar surface area (TPSA) is 102 Å². The quantitative estimate of drug-likeness (QED) is 0.0281. The number of likely N-dealkylation sites (N-methyl/N-ethyl adjacent to an activating group) is 1. The molecular weight excluding hydrogens is 666 g/mol. The molecule has 8 nitrogen and oxygen atoms in total. The molecule has 0 spiro atoms. The van der Waals surface area contributed by atoms with Gasteiger partial charge in [-0.15, -0.1) is 0 Å². The van der Waals surface area contributed by atoms with Gasteiger partial charge in [-0.3, -0.25) is 9.59 Å². The molecule has 0 aromatic carbocycles. The molecule has 0 saturated carbocycles. The van der Waals surface area contributed by atoms with E-state index in [0.29, 0.717) is 12.8 Å². The number of allylic oxidation sites excluding steroid dienone is 14. The lowest BCUT2D eigenvalue weighted by Crippen LogP contribution is -2.55. The van der Waals surface area contributed by atoms with Crippen molar-refractivity contribution in [1.29, 1.82) is 0 Å². The van der Waals surface area contributed by atoms with Crippen molar-refractivity contribution in [2.45, 2.75) is 142 Å². The summed E-state index contributed by atoms with van der Waals surface area (Å²) in [5, 5.41) is 11.6. The highest BCUT2D eigenvalue weighted by atomic mass is 16.6. The standard InChI is InChI=1S/C45H73NO7/c1-6-8-10-12-14-16-18-20-21-22-23-24-26-28-30-32-34-36-44(48)53-41(39-51-38-37-42(45(49)50)46(3,4)5)40-52-43(47)35-33-31-29-27-25-19-17-15-13-11-9-7-2/h8-11,14-17,20-21,23-24,28,30,41-42H,6-7,12-13,18-19,22,25-27,29,31-40H2,1-5H3/b10-8+,11-9+,16-14+,17-15+,21-20+,24-23+,30-28+. The third kappa shape index (κ3) is 34.1. The Bertz CT molecular complexity index is 1140. The molecule has 0 N–H and O–H groups in total. The fraction of sp³-hybridized carbons (Fsp3) is 0.622. The maximum Gasteiger partial charge on any atom is 0.306 e. The number of ether oxygens (including phenoxy) is 3. The van der Waals surface area contributed by atoms with Crippen molar-refractivity contribution in [3.8, 4) is 0 Å². The first-order valence-electron chi connectivity index (χ1n) is 20.1. The summed E-state index contributed by atoms with van der Waals surface area (Å²) in [6.07, 6.45) is 44.7. The Kier molecular flexibility index (Phi) is 33.2. The van der Waals surface area contributed by atoms with E-state index in [4.69, 9.17) is 14.2 Å². The Morgan fingerprint density at radius 3 is 1.53 bits per heavy atom. The van der Waals surface area contributed by atoms with Crippen LogP contribution in [0.1, 0.15) is 129 Å². The van der Waals surface area contributed by atoms with Crippen molar-refractivity contribution in [1.82, 2.24) is 0 Å². The van der Waals surface area contributed by atoms with Gasteiger partial charge >= 0.3 is 11.9 Å². The van der Waals surface area contributed by atoms with E-state index in [-0.39, 0.29) is 49.1 Å². The van der Waals surface area contributed by atoms with Crippen LogP contribution in [0.3, 0.4) is 0 Å². The maximum atomic E-state index is 12.7. The number of unbranched alkanes of at least 4 members (excludes halogenated alkanes) is 6. The van der Waals surface area contributed by atoms with Crippen LogP contribution in [0, 0.1) is 0 Å². The van der Waals surface area contributed by atoms with E-state index in [2.05, 4.69) is 98.9 Å². The molecule has 0 amide bonds. The molecule has 0 bridgehead atoms. The van der Waals surface area contributed by atoms with Crippen LogP contribution in [0.2, 0.25) is 0 Å². The number of carboxylic acids is 1. The monoisotopic (exact) mass is 740 g/mol. The predicted octanol–water partition coefficient (Wildman–Crippen LogP) is 9.24. The van der Waals surface area contributed by atoms with E-state index >= 15 is 0 Å². The lowest BCUT2D eigenvalue weighted by Gasteiger charge is -2.34.